The highest BCUT2D eigenvalue weighted by atomic mass is 16.4. The van der Waals surface area contributed by atoms with E-state index in [0.717, 1.165) is 6.92 Å². The Kier molecular flexibility index (Phi) is 19.1. The summed E-state index contributed by atoms with van der Waals surface area (Å²) in [6.07, 6.45) is 0.617. The zero-order valence-electron chi connectivity index (χ0n) is 34.6. The van der Waals surface area contributed by atoms with Gasteiger partial charge in [-0.05, 0) is 64.7 Å². The quantitative estimate of drug-likeness (QED) is 0.0537. The fraction of sp³-hybridized carbons (Fsp3) is 0.730. The van der Waals surface area contributed by atoms with Gasteiger partial charge in [-0.1, -0.05) is 27.7 Å². The lowest BCUT2D eigenvalue weighted by atomic mass is 10.0. The van der Waals surface area contributed by atoms with Crippen molar-refractivity contribution < 1.29 is 63.3 Å². The van der Waals surface area contributed by atoms with E-state index in [1.165, 1.54) is 23.6 Å². The average molecular weight is 840 g/mol. The van der Waals surface area contributed by atoms with E-state index < -0.39 is 133 Å². The van der Waals surface area contributed by atoms with E-state index >= 15 is 0 Å². The average Bonchev–Trinajstić information content (AvgIpc) is 3.85. The van der Waals surface area contributed by atoms with Gasteiger partial charge in [0.15, 0.2) is 0 Å². The van der Waals surface area contributed by atoms with Crippen LogP contribution < -0.4 is 37.6 Å². The summed E-state index contributed by atoms with van der Waals surface area (Å²) in [4.78, 5) is 131. The number of hydrogen-bond acceptors (Lipinski definition) is 12. The Morgan fingerprint density at radius 2 is 1.10 bits per heavy atom. The van der Waals surface area contributed by atoms with Crippen molar-refractivity contribution in [3.63, 3.8) is 0 Å². The van der Waals surface area contributed by atoms with E-state index in [1.54, 1.807) is 13.8 Å². The van der Waals surface area contributed by atoms with E-state index in [2.05, 4.69) is 31.9 Å². The van der Waals surface area contributed by atoms with Crippen molar-refractivity contribution in [2.24, 2.45) is 17.6 Å². The number of aliphatic hydroxyl groups is 1. The smallest absolute Gasteiger partial charge is 0.325 e. The molecule has 0 saturated carbocycles. The number of carboxylic acid groups (broad SMARTS) is 2. The first-order valence-corrected chi connectivity index (χ1v) is 19.7. The van der Waals surface area contributed by atoms with Crippen molar-refractivity contribution in [1.29, 1.82) is 0 Å². The van der Waals surface area contributed by atoms with Gasteiger partial charge in [-0.25, -0.2) is 0 Å². The monoisotopic (exact) mass is 839 g/mol. The lowest BCUT2D eigenvalue weighted by molar-refractivity contribution is -0.145. The standard InChI is InChI=1S/C37H61N9O13/c1-17(2)14-23(42-29(50)19(5)38)35(56)45-12-8-10-25(45)34(55)43-24(16-47)32(53)39-20(6)30(51)44-28(18(3)4)36(57)46-13-9-11-26(46)33(54)41-22(15-27(48)49)31(52)40-21(7)37(58)59/h17-26,28,47H,8-16,38H2,1-7H3,(H,39,53)(H,40,52)(H,41,54)(H,42,50)(H,43,55)(H,44,51)(H,48,49)(H,58,59)/t19-,20-,21-,22-,23-,24-,25-,26-,28-/m0/s1. The third-order valence-corrected chi connectivity index (χ3v) is 9.95. The van der Waals surface area contributed by atoms with Crippen LogP contribution in [0.25, 0.3) is 0 Å². The van der Waals surface area contributed by atoms with Crippen molar-refractivity contribution in [1.82, 2.24) is 41.7 Å². The fourth-order valence-corrected chi connectivity index (χ4v) is 6.64. The molecule has 22 heteroatoms. The summed E-state index contributed by atoms with van der Waals surface area (Å²) in [7, 11) is 0. The Bertz CT molecular complexity index is 1590. The third kappa shape index (κ3) is 14.4. The number of amides is 8. The minimum Gasteiger partial charge on any atom is -0.481 e. The summed E-state index contributed by atoms with van der Waals surface area (Å²) in [6.45, 7) is 10.3. The number of nitrogens with zero attached hydrogens (tertiary/aromatic N) is 2. The van der Waals surface area contributed by atoms with Crippen molar-refractivity contribution in [2.45, 2.75) is 141 Å². The number of carboxylic acids is 2. The number of carbonyl (C=O) groups is 10. The minimum absolute atomic E-state index is 0.00997. The molecule has 0 aromatic rings. The SMILES string of the molecule is CC(C)C[C@H](NC(=O)[C@H](C)N)C(=O)N1CCC[C@H]1C(=O)N[C@@H](CO)C(=O)N[C@@H](C)C(=O)N[C@H](C(=O)N1CCC[C@H]1C(=O)N[C@@H](CC(=O)O)C(=O)N[C@@H](C)C(=O)O)C(C)C. The van der Waals surface area contributed by atoms with E-state index in [4.69, 9.17) is 10.8 Å². The van der Waals surface area contributed by atoms with Crippen molar-refractivity contribution in [3.05, 3.63) is 0 Å². The Morgan fingerprint density at radius 1 is 0.610 bits per heavy atom. The first-order valence-electron chi connectivity index (χ1n) is 19.7. The number of aliphatic carboxylic acids is 2. The van der Waals surface area contributed by atoms with Gasteiger partial charge in [0, 0.05) is 13.1 Å². The van der Waals surface area contributed by atoms with Gasteiger partial charge in [-0.2, -0.15) is 0 Å². The molecule has 2 rings (SSSR count). The highest BCUT2D eigenvalue weighted by molar-refractivity contribution is 5.98. The number of carbonyl (C=O) groups excluding carboxylic acids is 8. The van der Waals surface area contributed by atoms with Crippen LogP contribution in [0.5, 0.6) is 0 Å². The van der Waals surface area contributed by atoms with Crippen molar-refractivity contribution in [2.75, 3.05) is 19.7 Å². The molecule has 0 aliphatic carbocycles. The summed E-state index contributed by atoms with van der Waals surface area (Å²) in [6, 6.07) is -11.1. The second kappa shape index (κ2) is 22.7. The molecule has 0 bridgehead atoms. The predicted octanol–water partition coefficient (Wildman–Crippen LogP) is -3.48. The Morgan fingerprint density at radius 3 is 1.56 bits per heavy atom. The fourth-order valence-electron chi connectivity index (χ4n) is 6.64. The maximum absolute atomic E-state index is 13.8. The zero-order chi connectivity index (χ0) is 44.9. The number of nitrogens with two attached hydrogens (primary N) is 1. The normalized spacial score (nSPS) is 20.0. The van der Waals surface area contributed by atoms with Crippen LogP contribution in [0.4, 0.5) is 0 Å². The number of hydrogen-bond donors (Lipinski definition) is 10. The molecule has 8 amide bonds. The van der Waals surface area contributed by atoms with Crippen LogP contribution in [0.15, 0.2) is 0 Å². The molecular weight excluding hydrogens is 778 g/mol. The van der Waals surface area contributed by atoms with Gasteiger partial charge >= 0.3 is 11.9 Å². The number of aliphatic hydroxyl groups excluding tert-OH is 1. The molecule has 2 fully saturated rings. The second-order valence-corrected chi connectivity index (χ2v) is 15.8. The molecular formula is C37H61N9O13. The van der Waals surface area contributed by atoms with Gasteiger partial charge in [0.1, 0.15) is 48.3 Å². The summed E-state index contributed by atoms with van der Waals surface area (Å²) in [5.41, 5.74) is 5.68. The van der Waals surface area contributed by atoms with Gasteiger partial charge in [0.2, 0.25) is 47.3 Å². The highest BCUT2D eigenvalue weighted by Gasteiger charge is 2.42. The van der Waals surface area contributed by atoms with Crippen molar-refractivity contribution >= 4 is 59.2 Å². The zero-order valence-corrected chi connectivity index (χ0v) is 34.6. The summed E-state index contributed by atoms with van der Waals surface area (Å²) >= 11 is 0. The molecule has 2 aliphatic heterocycles. The van der Waals surface area contributed by atoms with Crippen LogP contribution in [-0.4, -0.2) is 158 Å². The van der Waals surface area contributed by atoms with Crippen LogP contribution in [0, 0.1) is 11.8 Å². The van der Waals surface area contributed by atoms with Crippen LogP contribution >= 0.6 is 0 Å². The van der Waals surface area contributed by atoms with Gasteiger partial charge in [0.05, 0.1) is 19.1 Å². The number of rotatable bonds is 21. The van der Waals surface area contributed by atoms with Crippen molar-refractivity contribution in [3.8, 4) is 0 Å². The first kappa shape index (κ1) is 49.8. The third-order valence-electron chi connectivity index (χ3n) is 9.95. The summed E-state index contributed by atoms with van der Waals surface area (Å²) in [5.74, 6) is -9.48. The first-order chi connectivity index (χ1) is 27.5. The van der Waals surface area contributed by atoms with Crippen LogP contribution in [0.1, 0.15) is 87.0 Å². The predicted molar refractivity (Wildman–Crippen MR) is 207 cm³/mol. The molecule has 0 unspecified atom stereocenters. The Balaban J connectivity index is 2.11. The molecule has 2 heterocycles. The van der Waals surface area contributed by atoms with Gasteiger partial charge < -0.3 is 62.8 Å². The maximum atomic E-state index is 13.8. The number of nitrogens with one attached hydrogen (secondary N) is 6. The van der Waals surface area contributed by atoms with E-state index in [1.807, 2.05) is 13.8 Å². The molecule has 332 valence electrons. The molecule has 22 nitrogen and oxygen atoms in total. The molecule has 11 N–H and O–H groups in total. The molecule has 2 saturated heterocycles. The van der Waals surface area contributed by atoms with Crippen LogP contribution in [-0.2, 0) is 47.9 Å². The summed E-state index contributed by atoms with van der Waals surface area (Å²) in [5, 5.41) is 42.9. The summed E-state index contributed by atoms with van der Waals surface area (Å²) < 4.78 is 0. The maximum Gasteiger partial charge on any atom is 0.325 e. The molecule has 9 atom stereocenters. The minimum atomic E-state index is -1.65. The van der Waals surface area contributed by atoms with E-state index in [9.17, 15) is 58.2 Å². The molecule has 2 aliphatic rings. The largest absolute Gasteiger partial charge is 0.481 e. The van der Waals surface area contributed by atoms with Crippen LogP contribution in [0.3, 0.4) is 0 Å². The number of likely N-dealkylation sites (tertiary alicyclic amines) is 2. The lowest BCUT2D eigenvalue weighted by Crippen LogP contribution is -2.60. The highest BCUT2D eigenvalue weighted by Crippen LogP contribution is 2.22. The topological polar surface area (TPSA) is 336 Å². The van der Waals surface area contributed by atoms with Crippen LogP contribution in [0.2, 0.25) is 0 Å². The Hall–Kier alpha value is -5.38. The second-order valence-electron chi connectivity index (χ2n) is 15.8. The van der Waals surface area contributed by atoms with Gasteiger partial charge in [-0.3, -0.25) is 47.9 Å². The Labute approximate surface area is 342 Å². The molecule has 0 aromatic carbocycles. The molecule has 0 spiro atoms. The molecule has 59 heavy (non-hydrogen) atoms. The van der Waals surface area contributed by atoms with E-state index in [0.29, 0.717) is 12.8 Å². The van der Waals surface area contributed by atoms with E-state index in [-0.39, 0.29) is 38.3 Å². The molecule has 0 aromatic heterocycles. The van der Waals surface area contributed by atoms with Gasteiger partial charge in [-0.15, -0.1) is 0 Å². The molecule has 0 radical (unpaired) electrons. The van der Waals surface area contributed by atoms with Gasteiger partial charge in [0.25, 0.3) is 0 Å². The lowest BCUT2D eigenvalue weighted by Gasteiger charge is -2.32.